The molecule has 0 unspecified atom stereocenters. The number of carboxylic acids is 1. The lowest BCUT2D eigenvalue weighted by Gasteiger charge is -2.04. The number of aromatic hydroxyl groups is 2. The fourth-order valence-corrected chi connectivity index (χ4v) is 1.28. The Morgan fingerprint density at radius 3 is 2.43 bits per heavy atom. The quantitative estimate of drug-likeness (QED) is 0.673. The third-order valence-electron chi connectivity index (χ3n) is 1.75. The Labute approximate surface area is 85.4 Å². The van der Waals surface area contributed by atoms with Crippen molar-refractivity contribution in [2.24, 2.45) is 0 Å². The number of phenolic OH excluding ortho intramolecular Hbond substituents is 2. The molecule has 0 amide bonds. The van der Waals surface area contributed by atoms with Crippen molar-refractivity contribution in [1.82, 2.24) is 0 Å². The van der Waals surface area contributed by atoms with Crippen LogP contribution in [-0.2, 0) is 11.2 Å². The highest BCUT2D eigenvalue weighted by atomic mass is 35.5. The first-order valence-electron chi connectivity index (χ1n) is 3.93. The largest absolute Gasteiger partial charge is 0.504 e. The summed E-state index contributed by atoms with van der Waals surface area (Å²) in [4.78, 5) is 10.3. The van der Waals surface area contributed by atoms with Crippen molar-refractivity contribution >= 4 is 17.6 Å². The minimum Gasteiger partial charge on any atom is -0.504 e. The van der Waals surface area contributed by atoms with E-state index in [1.165, 1.54) is 12.1 Å². The number of aliphatic carboxylic acids is 1. The van der Waals surface area contributed by atoms with Crippen LogP contribution in [0.2, 0.25) is 5.02 Å². The van der Waals surface area contributed by atoms with Crippen molar-refractivity contribution in [3.8, 4) is 11.5 Å². The Morgan fingerprint density at radius 2 is 1.86 bits per heavy atom. The van der Waals surface area contributed by atoms with Crippen LogP contribution >= 0.6 is 11.6 Å². The molecule has 0 aliphatic heterocycles. The van der Waals surface area contributed by atoms with Crippen LogP contribution in [0.25, 0.3) is 0 Å². The summed E-state index contributed by atoms with van der Waals surface area (Å²) in [6.07, 6.45) is 0.159. The molecule has 3 N–H and O–H groups in total. The first-order chi connectivity index (χ1) is 6.50. The van der Waals surface area contributed by atoms with Crippen LogP contribution < -0.4 is 0 Å². The maximum absolute atomic E-state index is 10.3. The zero-order valence-electron chi connectivity index (χ0n) is 7.20. The highest BCUT2D eigenvalue weighted by molar-refractivity contribution is 6.31. The molecule has 5 heteroatoms. The van der Waals surface area contributed by atoms with Gasteiger partial charge in [0.25, 0.3) is 0 Å². The Bertz CT molecular complexity index is 362. The second-order valence-electron chi connectivity index (χ2n) is 2.83. The molecule has 0 heterocycles. The first-order valence-corrected chi connectivity index (χ1v) is 4.30. The summed E-state index contributed by atoms with van der Waals surface area (Å²) in [6, 6.07) is 2.45. The third kappa shape index (κ3) is 2.53. The Hall–Kier alpha value is -1.42. The van der Waals surface area contributed by atoms with E-state index < -0.39 is 5.97 Å². The van der Waals surface area contributed by atoms with Crippen LogP contribution in [0.1, 0.15) is 12.0 Å². The molecule has 1 rings (SSSR count). The molecule has 0 radical (unpaired) electrons. The highest BCUT2D eigenvalue weighted by Gasteiger charge is 2.08. The SMILES string of the molecule is O=C(O)CCc1cc(O)c(O)cc1Cl. The van der Waals surface area contributed by atoms with E-state index >= 15 is 0 Å². The average molecular weight is 217 g/mol. The van der Waals surface area contributed by atoms with Gasteiger partial charge in [-0.3, -0.25) is 4.79 Å². The normalized spacial score (nSPS) is 10.1. The molecule has 0 bridgehead atoms. The summed E-state index contributed by atoms with van der Waals surface area (Å²) in [7, 11) is 0. The van der Waals surface area contributed by atoms with Crippen LogP contribution in [0, 0.1) is 0 Å². The Balaban J connectivity index is 2.87. The smallest absolute Gasteiger partial charge is 0.303 e. The number of hydrogen-bond acceptors (Lipinski definition) is 3. The van der Waals surface area contributed by atoms with Crippen LogP contribution in [0.4, 0.5) is 0 Å². The summed E-state index contributed by atoms with van der Waals surface area (Å²) in [6.45, 7) is 0. The summed E-state index contributed by atoms with van der Waals surface area (Å²) < 4.78 is 0. The lowest BCUT2D eigenvalue weighted by molar-refractivity contribution is -0.136. The molecular formula is C9H9ClO4. The van der Waals surface area contributed by atoms with Gasteiger partial charge in [-0.05, 0) is 18.1 Å². The predicted molar refractivity (Wildman–Crippen MR) is 50.7 cm³/mol. The number of hydrogen-bond donors (Lipinski definition) is 3. The molecule has 0 aliphatic carbocycles. The summed E-state index contributed by atoms with van der Waals surface area (Å²) in [5.74, 6) is -1.54. The van der Waals surface area contributed by atoms with Gasteiger partial charge in [-0.1, -0.05) is 11.6 Å². The fraction of sp³-hybridized carbons (Fsp3) is 0.222. The lowest BCUT2D eigenvalue weighted by atomic mass is 10.1. The topological polar surface area (TPSA) is 77.8 Å². The van der Waals surface area contributed by atoms with Gasteiger partial charge in [0.2, 0.25) is 0 Å². The van der Waals surface area contributed by atoms with Gasteiger partial charge in [-0.2, -0.15) is 0 Å². The van der Waals surface area contributed by atoms with Gasteiger partial charge in [0.15, 0.2) is 11.5 Å². The number of rotatable bonds is 3. The molecule has 0 atom stereocenters. The van der Waals surface area contributed by atoms with Gasteiger partial charge in [0.05, 0.1) is 0 Å². The molecule has 1 aromatic rings. The number of aryl methyl sites for hydroxylation is 1. The highest BCUT2D eigenvalue weighted by Crippen LogP contribution is 2.31. The van der Waals surface area contributed by atoms with Crippen molar-refractivity contribution < 1.29 is 20.1 Å². The standard InChI is InChI=1S/C9H9ClO4/c10-6-4-8(12)7(11)3-5(6)1-2-9(13)14/h3-4,11-12H,1-2H2,(H,13,14). The maximum atomic E-state index is 10.3. The summed E-state index contributed by atoms with van der Waals surface area (Å²) in [5.41, 5.74) is 0.504. The molecule has 76 valence electrons. The minimum absolute atomic E-state index is 0.0655. The molecule has 4 nitrogen and oxygen atoms in total. The Morgan fingerprint density at radius 1 is 1.29 bits per heavy atom. The van der Waals surface area contributed by atoms with E-state index in [1.807, 2.05) is 0 Å². The number of benzene rings is 1. The van der Waals surface area contributed by atoms with E-state index in [-0.39, 0.29) is 29.4 Å². The van der Waals surface area contributed by atoms with Crippen LogP contribution in [0.3, 0.4) is 0 Å². The zero-order valence-corrected chi connectivity index (χ0v) is 7.95. The molecule has 0 aromatic heterocycles. The van der Waals surface area contributed by atoms with Gasteiger partial charge in [0, 0.05) is 17.5 Å². The van der Waals surface area contributed by atoms with Crippen molar-refractivity contribution in [3.63, 3.8) is 0 Å². The van der Waals surface area contributed by atoms with Crippen molar-refractivity contribution in [2.75, 3.05) is 0 Å². The van der Waals surface area contributed by atoms with Gasteiger partial charge in [-0.15, -0.1) is 0 Å². The van der Waals surface area contributed by atoms with Crippen LogP contribution in [0.5, 0.6) is 11.5 Å². The summed E-state index contributed by atoms with van der Waals surface area (Å²) >= 11 is 5.72. The fourth-order valence-electron chi connectivity index (χ4n) is 1.03. The van der Waals surface area contributed by atoms with Crippen LogP contribution in [-0.4, -0.2) is 21.3 Å². The molecular weight excluding hydrogens is 208 g/mol. The van der Waals surface area contributed by atoms with E-state index in [2.05, 4.69) is 0 Å². The van der Waals surface area contributed by atoms with E-state index in [0.29, 0.717) is 5.56 Å². The monoisotopic (exact) mass is 216 g/mol. The Kier molecular flexibility index (Phi) is 3.19. The van der Waals surface area contributed by atoms with Crippen molar-refractivity contribution in [3.05, 3.63) is 22.7 Å². The first kappa shape index (κ1) is 10.7. The second-order valence-corrected chi connectivity index (χ2v) is 3.23. The molecule has 0 saturated heterocycles. The molecule has 0 saturated carbocycles. The molecule has 1 aromatic carbocycles. The number of phenols is 2. The lowest BCUT2D eigenvalue weighted by Crippen LogP contribution is -1.97. The molecule has 0 fully saturated rings. The van der Waals surface area contributed by atoms with Crippen molar-refractivity contribution in [2.45, 2.75) is 12.8 Å². The third-order valence-corrected chi connectivity index (χ3v) is 2.10. The van der Waals surface area contributed by atoms with Gasteiger partial charge in [-0.25, -0.2) is 0 Å². The van der Waals surface area contributed by atoms with Gasteiger partial charge >= 0.3 is 5.97 Å². The number of halogens is 1. The molecule has 14 heavy (non-hydrogen) atoms. The molecule has 0 spiro atoms. The number of carboxylic acid groups (broad SMARTS) is 1. The number of carbonyl (C=O) groups is 1. The minimum atomic E-state index is -0.936. The van der Waals surface area contributed by atoms with Crippen LogP contribution in [0.15, 0.2) is 12.1 Å². The predicted octanol–water partition coefficient (Wildman–Crippen LogP) is 1.77. The van der Waals surface area contributed by atoms with E-state index in [4.69, 9.17) is 26.9 Å². The van der Waals surface area contributed by atoms with Gasteiger partial charge in [0.1, 0.15) is 0 Å². The summed E-state index contributed by atoms with van der Waals surface area (Å²) in [5, 5.41) is 26.9. The van der Waals surface area contributed by atoms with E-state index in [0.717, 1.165) is 0 Å². The van der Waals surface area contributed by atoms with Crippen molar-refractivity contribution in [1.29, 1.82) is 0 Å². The zero-order chi connectivity index (χ0) is 10.7. The molecule has 0 aliphatic rings. The van der Waals surface area contributed by atoms with Gasteiger partial charge < -0.3 is 15.3 Å². The second kappa shape index (κ2) is 4.19. The average Bonchev–Trinajstić information content (AvgIpc) is 2.09. The van der Waals surface area contributed by atoms with E-state index in [9.17, 15) is 4.79 Å². The van der Waals surface area contributed by atoms with E-state index in [1.54, 1.807) is 0 Å². The maximum Gasteiger partial charge on any atom is 0.303 e.